The first-order valence-electron chi connectivity index (χ1n) is 6.04. The zero-order valence-corrected chi connectivity index (χ0v) is 11.3. The third-order valence-corrected chi connectivity index (χ3v) is 2.21. The smallest absolute Gasteiger partial charge is 0.321 e. The largest absolute Gasteiger partial charge is 0.387 e. The van der Waals surface area contributed by atoms with Gasteiger partial charge in [0.05, 0.1) is 12.3 Å². The molecule has 0 aliphatic rings. The first-order valence-corrected chi connectivity index (χ1v) is 6.04. The molecule has 0 aromatic carbocycles. The molecule has 19 heavy (non-hydrogen) atoms. The lowest BCUT2D eigenvalue weighted by Gasteiger charge is -2.08. The molecule has 106 valence electrons. The molecule has 0 aliphatic carbocycles. The fourth-order valence-electron chi connectivity index (χ4n) is 1.24. The zero-order chi connectivity index (χ0) is 14.4. The van der Waals surface area contributed by atoms with Crippen molar-refractivity contribution in [3.05, 3.63) is 11.9 Å². The summed E-state index contributed by atoms with van der Waals surface area (Å²) in [5, 5.41) is 21.4. The summed E-state index contributed by atoms with van der Waals surface area (Å²) in [4.78, 5) is 22.9. The lowest BCUT2D eigenvalue weighted by molar-refractivity contribution is -0.120. The van der Waals surface area contributed by atoms with Crippen LogP contribution in [0.3, 0.4) is 0 Å². The molecule has 1 aromatic rings. The maximum absolute atomic E-state index is 11.5. The van der Waals surface area contributed by atoms with Crippen LogP contribution in [0.25, 0.3) is 0 Å². The summed E-state index contributed by atoms with van der Waals surface area (Å²) in [6.45, 7) is 5.82. The summed E-state index contributed by atoms with van der Waals surface area (Å²) >= 11 is 0. The Morgan fingerprint density at radius 1 is 1.42 bits per heavy atom. The summed E-state index contributed by atoms with van der Waals surface area (Å²) in [5.74, 6) is -0.187. The molecule has 0 spiro atoms. The van der Waals surface area contributed by atoms with E-state index in [1.807, 2.05) is 13.8 Å². The van der Waals surface area contributed by atoms with Crippen molar-refractivity contribution in [3.63, 3.8) is 0 Å². The monoisotopic (exact) mass is 269 g/mol. The summed E-state index contributed by atoms with van der Waals surface area (Å²) in [5.41, 5.74) is 0.372. The van der Waals surface area contributed by atoms with Gasteiger partial charge in [-0.1, -0.05) is 19.1 Å². The standard InChI is InChI=1S/C11H19N5O3/c1-7(2)4-12-11(19)13-10(18)6-16-5-9(8(3)17)14-15-16/h5,7-8,17H,4,6H2,1-3H3,(H2,12,13,18,19). The minimum Gasteiger partial charge on any atom is -0.387 e. The average Bonchev–Trinajstić information content (AvgIpc) is 2.74. The molecule has 0 aliphatic heterocycles. The van der Waals surface area contributed by atoms with Crippen molar-refractivity contribution < 1.29 is 14.7 Å². The van der Waals surface area contributed by atoms with E-state index in [0.717, 1.165) is 0 Å². The molecule has 1 aromatic heterocycles. The number of hydrogen-bond acceptors (Lipinski definition) is 5. The summed E-state index contributed by atoms with van der Waals surface area (Å²) in [6.07, 6.45) is 0.710. The number of nitrogens with zero attached hydrogens (tertiary/aromatic N) is 3. The van der Waals surface area contributed by atoms with Gasteiger partial charge in [-0.25, -0.2) is 9.48 Å². The van der Waals surface area contributed by atoms with Crippen LogP contribution in [0.4, 0.5) is 4.79 Å². The zero-order valence-electron chi connectivity index (χ0n) is 11.3. The van der Waals surface area contributed by atoms with Gasteiger partial charge in [0, 0.05) is 6.54 Å². The van der Waals surface area contributed by atoms with Gasteiger partial charge in [0.2, 0.25) is 5.91 Å². The van der Waals surface area contributed by atoms with Gasteiger partial charge in [-0.2, -0.15) is 0 Å². The van der Waals surface area contributed by atoms with Gasteiger partial charge in [0.15, 0.2) is 0 Å². The molecule has 0 saturated carbocycles. The van der Waals surface area contributed by atoms with E-state index < -0.39 is 18.0 Å². The van der Waals surface area contributed by atoms with E-state index in [0.29, 0.717) is 18.2 Å². The highest BCUT2D eigenvalue weighted by atomic mass is 16.3. The summed E-state index contributed by atoms with van der Waals surface area (Å²) < 4.78 is 1.26. The quantitative estimate of drug-likeness (QED) is 0.686. The summed E-state index contributed by atoms with van der Waals surface area (Å²) in [6, 6.07) is -0.533. The Morgan fingerprint density at radius 3 is 2.63 bits per heavy atom. The molecule has 8 nitrogen and oxygen atoms in total. The first-order chi connectivity index (χ1) is 8.88. The number of hydrogen-bond donors (Lipinski definition) is 3. The topological polar surface area (TPSA) is 109 Å². The van der Waals surface area contributed by atoms with E-state index in [2.05, 4.69) is 20.9 Å². The van der Waals surface area contributed by atoms with Crippen LogP contribution in [0.2, 0.25) is 0 Å². The molecule has 3 N–H and O–H groups in total. The molecular weight excluding hydrogens is 250 g/mol. The minimum absolute atomic E-state index is 0.130. The Hall–Kier alpha value is -1.96. The Bertz CT molecular complexity index is 441. The van der Waals surface area contributed by atoms with Gasteiger partial charge in [-0.15, -0.1) is 5.10 Å². The van der Waals surface area contributed by atoms with Crippen molar-refractivity contribution in [2.24, 2.45) is 5.92 Å². The van der Waals surface area contributed by atoms with Crippen molar-refractivity contribution in [2.45, 2.75) is 33.4 Å². The van der Waals surface area contributed by atoms with Gasteiger partial charge in [-0.3, -0.25) is 10.1 Å². The van der Waals surface area contributed by atoms with E-state index in [-0.39, 0.29) is 6.54 Å². The highest BCUT2D eigenvalue weighted by Gasteiger charge is 2.11. The highest BCUT2D eigenvalue weighted by molar-refractivity contribution is 5.94. The Balaban J connectivity index is 2.40. The van der Waals surface area contributed by atoms with E-state index >= 15 is 0 Å². The molecule has 1 rings (SSSR count). The molecule has 1 unspecified atom stereocenters. The highest BCUT2D eigenvalue weighted by Crippen LogP contribution is 2.05. The second kappa shape index (κ2) is 6.83. The summed E-state index contributed by atoms with van der Waals surface area (Å²) in [7, 11) is 0. The molecule has 0 bridgehead atoms. The number of aliphatic hydroxyl groups excluding tert-OH is 1. The van der Waals surface area contributed by atoms with Gasteiger partial charge < -0.3 is 10.4 Å². The second-order valence-electron chi connectivity index (χ2n) is 4.67. The number of imide groups is 1. The number of aliphatic hydroxyl groups is 1. The van der Waals surface area contributed by atoms with Crippen LogP contribution in [-0.2, 0) is 11.3 Å². The molecule has 3 amide bonds. The SMILES string of the molecule is CC(C)CNC(=O)NC(=O)Cn1cc(C(C)O)nn1. The van der Waals surface area contributed by atoms with E-state index in [4.69, 9.17) is 0 Å². The average molecular weight is 269 g/mol. The third kappa shape index (κ3) is 5.47. The number of nitrogens with one attached hydrogen (secondary N) is 2. The van der Waals surface area contributed by atoms with E-state index in [1.54, 1.807) is 6.92 Å². The molecule has 0 saturated heterocycles. The van der Waals surface area contributed by atoms with Crippen LogP contribution in [0.1, 0.15) is 32.6 Å². The Labute approximate surface area is 111 Å². The number of carbonyl (C=O) groups excluding carboxylic acids is 2. The molecular formula is C11H19N5O3. The molecule has 0 radical (unpaired) electrons. The van der Waals surface area contributed by atoms with Crippen molar-refractivity contribution in [3.8, 4) is 0 Å². The Morgan fingerprint density at radius 2 is 2.11 bits per heavy atom. The minimum atomic E-state index is -0.744. The van der Waals surface area contributed by atoms with Crippen LogP contribution in [0.5, 0.6) is 0 Å². The van der Waals surface area contributed by atoms with Gasteiger partial charge in [0.1, 0.15) is 12.2 Å². The molecule has 1 heterocycles. The van der Waals surface area contributed by atoms with Gasteiger partial charge >= 0.3 is 6.03 Å². The van der Waals surface area contributed by atoms with Gasteiger partial charge in [-0.05, 0) is 12.8 Å². The van der Waals surface area contributed by atoms with Crippen LogP contribution in [0.15, 0.2) is 6.20 Å². The maximum Gasteiger partial charge on any atom is 0.321 e. The third-order valence-electron chi connectivity index (χ3n) is 2.21. The van der Waals surface area contributed by atoms with Crippen LogP contribution >= 0.6 is 0 Å². The van der Waals surface area contributed by atoms with Crippen molar-refractivity contribution in [1.29, 1.82) is 0 Å². The number of urea groups is 1. The van der Waals surface area contributed by atoms with Crippen molar-refractivity contribution >= 4 is 11.9 Å². The molecule has 0 fully saturated rings. The normalized spacial score (nSPS) is 12.3. The Kier molecular flexibility index (Phi) is 5.43. The van der Waals surface area contributed by atoms with Crippen LogP contribution < -0.4 is 10.6 Å². The van der Waals surface area contributed by atoms with Crippen molar-refractivity contribution in [2.75, 3.05) is 6.54 Å². The fourth-order valence-corrected chi connectivity index (χ4v) is 1.24. The van der Waals surface area contributed by atoms with Crippen LogP contribution in [0, 0.1) is 5.92 Å². The van der Waals surface area contributed by atoms with Crippen LogP contribution in [-0.4, -0.2) is 38.6 Å². The van der Waals surface area contributed by atoms with Gasteiger partial charge in [0.25, 0.3) is 0 Å². The van der Waals surface area contributed by atoms with Crippen molar-refractivity contribution in [1.82, 2.24) is 25.6 Å². The predicted octanol–water partition coefficient (Wildman–Crippen LogP) is -0.187. The number of amides is 3. The lowest BCUT2D eigenvalue weighted by atomic mass is 10.2. The predicted molar refractivity (Wildman–Crippen MR) is 67.0 cm³/mol. The van der Waals surface area contributed by atoms with E-state index in [1.165, 1.54) is 10.9 Å². The first kappa shape index (κ1) is 15.1. The maximum atomic E-state index is 11.5. The number of rotatable bonds is 5. The second-order valence-corrected chi connectivity index (χ2v) is 4.67. The molecule has 8 heteroatoms. The van der Waals surface area contributed by atoms with E-state index in [9.17, 15) is 14.7 Å². The fraction of sp³-hybridized carbons (Fsp3) is 0.636. The number of carbonyl (C=O) groups is 2. The number of aromatic nitrogens is 3. The lowest BCUT2D eigenvalue weighted by Crippen LogP contribution is -2.42. The molecule has 1 atom stereocenters.